The normalized spacial score (nSPS) is 22.9. The molecular formula is C39H32N2O8S. The molecule has 7 rings (SSSR count). The van der Waals surface area contributed by atoms with Gasteiger partial charge in [0.25, 0.3) is 0 Å². The average Bonchev–Trinajstić information content (AvgIpc) is 3.13. The Labute approximate surface area is 289 Å². The Balaban J connectivity index is 1.33. The number of hydrogen-bond acceptors (Lipinski definition) is 7. The summed E-state index contributed by atoms with van der Waals surface area (Å²) in [6, 6.07) is 32.7. The minimum Gasteiger partial charge on any atom is -0.492 e. The molecule has 252 valence electrons. The SMILES string of the molecule is C=C1[S@](=O)[C@@H]2[C@H](NC(=O)Cc3ccccc3)C(=O)N2C(C(c2ccccc2)c2ccccc2)C1(COc1ccc2ccc(=O)oc2c1)C(=O)O. The van der Waals surface area contributed by atoms with E-state index in [-0.39, 0.29) is 22.7 Å². The molecular weight excluding hydrogens is 657 g/mol. The number of β-lactam (4-membered cyclic amide) rings is 1. The van der Waals surface area contributed by atoms with Crippen molar-refractivity contribution in [3.05, 3.63) is 160 Å². The molecule has 0 saturated carbocycles. The van der Waals surface area contributed by atoms with E-state index in [9.17, 15) is 28.5 Å². The maximum atomic E-state index is 14.4. The molecule has 2 saturated heterocycles. The van der Waals surface area contributed by atoms with E-state index in [0.29, 0.717) is 16.5 Å². The van der Waals surface area contributed by atoms with Crippen molar-refractivity contribution < 1.29 is 32.9 Å². The molecule has 0 radical (unpaired) electrons. The molecule has 2 unspecified atom stereocenters. The van der Waals surface area contributed by atoms with Crippen molar-refractivity contribution in [1.82, 2.24) is 10.2 Å². The highest BCUT2D eigenvalue weighted by Crippen LogP contribution is 2.53. The van der Waals surface area contributed by atoms with Crippen LogP contribution in [0.4, 0.5) is 0 Å². The van der Waals surface area contributed by atoms with Crippen molar-refractivity contribution in [3.8, 4) is 5.75 Å². The zero-order valence-electron chi connectivity index (χ0n) is 26.6. The third-order valence-electron chi connectivity index (χ3n) is 9.44. The molecule has 2 aliphatic rings. The fraction of sp³-hybridized carbons (Fsp3) is 0.179. The third kappa shape index (κ3) is 5.69. The molecule has 0 aliphatic carbocycles. The number of nitrogens with one attached hydrogen (secondary N) is 1. The quantitative estimate of drug-likeness (QED) is 0.160. The summed E-state index contributed by atoms with van der Waals surface area (Å²) in [4.78, 5) is 54.3. The molecule has 2 N–H and O–H groups in total. The maximum Gasteiger partial charge on any atom is 0.336 e. The summed E-state index contributed by atoms with van der Waals surface area (Å²) in [6.07, 6.45) is 0.00376. The lowest BCUT2D eigenvalue weighted by molar-refractivity contribution is -0.167. The molecule has 4 aromatic carbocycles. The molecule has 5 atom stereocenters. The Morgan fingerprint density at radius 1 is 0.900 bits per heavy atom. The largest absolute Gasteiger partial charge is 0.492 e. The lowest BCUT2D eigenvalue weighted by atomic mass is 9.67. The van der Waals surface area contributed by atoms with Crippen LogP contribution in [0.25, 0.3) is 11.0 Å². The standard InChI is InChI=1S/C39H32N2O8S/c1-24-39(38(45)46,23-48-29-19-17-26-18-20-32(43)49-30(26)22-29)35(33(27-13-7-3-8-14-27)28-15-9-4-10-16-28)41-36(44)34(37(41)50(24)47)40-31(42)21-25-11-5-2-6-12-25/h2-20,22,33-35,37H,1,21,23H2,(H,40,42)(H,45,46)/t34-,35?,37-,39?,50+/m1/s1. The van der Waals surface area contributed by atoms with E-state index in [1.807, 2.05) is 66.7 Å². The molecule has 3 heterocycles. The van der Waals surface area contributed by atoms with E-state index in [1.54, 1.807) is 42.5 Å². The minimum atomic E-state index is -2.13. The second-order valence-electron chi connectivity index (χ2n) is 12.3. The summed E-state index contributed by atoms with van der Waals surface area (Å²) in [5.41, 5.74) is -0.256. The summed E-state index contributed by atoms with van der Waals surface area (Å²) in [7, 11) is -2.13. The second-order valence-corrected chi connectivity index (χ2v) is 13.9. The van der Waals surface area contributed by atoms with Crippen LogP contribution >= 0.6 is 0 Å². The maximum absolute atomic E-state index is 14.4. The zero-order chi connectivity index (χ0) is 35.0. The number of carboxylic acid groups (broad SMARTS) is 1. The summed E-state index contributed by atoms with van der Waals surface area (Å²) in [5.74, 6) is -2.92. The second kappa shape index (κ2) is 13.2. The molecule has 1 aromatic heterocycles. The van der Waals surface area contributed by atoms with Crippen LogP contribution in [0.1, 0.15) is 22.6 Å². The summed E-state index contributed by atoms with van der Waals surface area (Å²) >= 11 is 0. The van der Waals surface area contributed by atoms with E-state index >= 15 is 0 Å². The molecule has 10 nitrogen and oxygen atoms in total. The van der Waals surface area contributed by atoms with Crippen molar-refractivity contribution >= 4 is 39.6 Å². The summed E-state index contributed by atoms with van der Waals surface area (Å²) in [6.45, 7) is 3.56. The highest BCUT2D eigenvalue weighted by molar-refractivity contribution is 7.90. The fourth-order valence-electron chi connectivity index (χ4n) is 7.00. The van der Waals surface area contributed by atoms with Gasteiger partial charge in [-0.05, 0) is 34.9 Å². The van der Waals surface area contributed by atoms with Gasteiger partial charge in [0.2, 0.25) is 11.8 Å². The number of benzene rings is 4. The van der Waals surface area contributed by atoms with Crippen molar-refractivity contribution in [2.24, 2.45) is 5.41 Å². The highest BCUT2D eigenvalue weighted by Gasteiger charge is 2.69. The predicted octanol–water partition coefficient (Wildman–Crippen LogP) is 4.62. The predicted molar refractivity (Wildman–Crippen MR) is 187 cm³/mol. The van der Waals surface area contributed by atoms with Crippen molar-refractivity contribution in [2.75, 3.05) is 6.61 Å². The van der Waals surface area contributed by atoms with Crippen LogP contribution in [-0.4, -0.2) is 56.1 Å². The van der Waals surface area contributed by atoms with Gasteiger partial charge in [0.05, 0.1) is 23.3 Å². The third-order valence-corrected chi connectivity index (χ3v) is 11.2. The van der Waals surface area contributed by atoms with Gasteiger partial charge in [-0.15, -0.1) is 0 Å². The Morgan fingerprint density at radius 2 is 1.50 bits per heavy atom. The Bertz CT molecular complexity index is 2150. The number of carbonyl (C=O) groups is 3. The van der Waals surface area contributed by atoms with Gasteiger partial charge in [-0.2, -0.15) is 0 Å². The summed E-state index contributed by atoms with van der Waals surface area (Å²) < 4.78 is 25.9. The number of carboxylic acids is 1. The van der Waals surface area contributed by atoms with E-state index in [2.05, 4.69) is 11.9 Å². The van der Waals surface area contributed by atoms with Crippen LogP contribution in [0.5, 0.6) is 5.75 Å². The first-order valence-electron chi connectivity index (χ1n) is 15.9. The Kier molecular flexibility index (Phi) is 8.67. The van der Waals surface area contributed by atoms with Gasteiger partial charge in [-0.25, -0.2) is 4.79 Å². The number of rotatable bonds is 10. The number of amides is 2. The van der Waals surface area contributed by atoms with Gasteiger partial charge in [0.1, 0.15) is 29.4 Å². The monoisotopic (exact) mass is 688 g/mol. The van der Waals surface area contributed by atoms with Gasteiger partial charge in [-0.1, -0.05) is 97.6 Å². The molecule has 2 aliphatic heterocycles. The Hall–Kier alpha value is -5.81. The number of carbonyl (C=O) groups excluding carboxylic acids is 2. The number of fused-ring (bicyclic) bond motifs is 2. The first-order chi connectivity index (χ1) is 24.2. The fourth-order valence-corrected chi connectivity index (χ4v) is 8.79. The molecule has 2 fully saturated rings. The zero-order valence-corrected chi connectivity index (χ0v) is 27.5. The molecule has 2 amide bonds. The molecule has 0 bridgehead atoms. The van der Waals surface area contributed by atoms with E-state index in [1.165, 1.54) is 17.0 Å². The van der Waals surface area contributed by atoms with Crippen LogP contribution in [0.2, 0.25) is 0 Å². The van der Waals surface area contributed by atoms with Crippen LogP contribution in [-0.2, 0) is 31.6 Å². The van der Waals surface area contributed by atoms with Gasteiger partial charge >= 0.3 is 11.6 Å². The highest BCUT2D eigenvalue weighted by atomic mass is 32.2. The van der Waals surface area contributed by atoms with Crippen molar-refractivity contribution in [2.45, 2.75) is 29.8 Å². The van der Waals surface area contributed by atoms with E-state index < -0.39 is 69.6 Å². The number of ether oxygens (including phenoxy) is 1. The first kappa shape index (κ1) is 32.7. The van der Waals surface area contributed by atoms with Gasteiger partial charge in [0, 0.05) is 28.3 Å². The lowest BCUT2D eigenvalue weighted by Gasteiger charge is -2.60. The smallest absolute Gasteiger partial charge is 0.336 e. The molecule has 5 aromatic rings. The molecule has 50 heavy (non-hydrogen) atoms. The Morgan fingerprint density at radius 3 is 2.12 bits per heavy atom. The van der Waals surface area contributed by atoms with Crippen LogP contribution in [0, 0.1) is 5.41 Å². The van der Waals surface area contributed by atoms with Gasteiger partial charge < -0.3 is 24.5 Å². The number of aliphatic carboxylic acids is 1. The van der Waals surface area contributed by atoms with Crippen LogP contribution in [0.3, 0.4) is 0 Å². The average molecular weight is 689 g/mol. The lowest BCUT2D eigenvalue weighted by Crippen LogP contribution is -2.81. The van der Waals surface area contributed by atoms with Crippen LogP contribution < -0.4 is 15.7 Å². The van der Waals surface area contributed by atoms with E-state index in [0.717, 1.165) is 5.56 Å². The van der Waals surface area contributed by atoms with E-state index in [4.69, 9.17) is 9.15 Å². The summed E-state index contributed by atoms with van der Waals surface area (Å²) in [5, 5.41) is 13.5. The van der Waals surface area contributed by atoms with Crippen molar-refractivity contribution in [3.63, 3.8) is 0 Å². The minimum absolute atomic E-state index is 0.00376. The van der Waals surface area contributed by atoms with Gasteiger partial charge in [0.15, 0.2) is 5.41 Å². The molecule has 11 heteroatoms. The first-order valence-corrected chi connectivity index (χ1v) is 17.2. The van der Waals surface area contributed by atoms with Gasteiger partial charge in [-0.3, -0.25) is 18.6 Å². The van der Waals surface area contributed by atoms with Crippen LogP contribution in [0.15, 0.2) is 142 Å². The van der Waals surface area contributed by atoms with Crippen molar-refractivity contribution in [1.29, 1.82) is 0 Å². The molecule has 0 spiro atoms. The topological polar surface area (TPSA) is 143 Å². The number of nitrogens with zero attached hydrogens (tertiary/aromatic N) is 1. The number of hydrogen-bond donors (Lipinski definition) is 2.